The molecule has 1 aromatic rings. The minimum absolute atomic E-state index is 0.226. The van der Waals surface area contributed by atoms with E-state index in [0.717, 1.165) is 22.9 Å². The van der Waals surface area contributed by atoms with Gasteiger partial charge in [0.15, 0.2) is 6.19 Å². The van der Waals surface area contributed by atoms with E-state index >= 15 is 0 Å². The van der Waals surface area contributed by atoms with Gasteiger partial charge in [-0.25, -0.2) is 9.78 Å². The number of hydrogen-bond acceptors (Lipinski definition) is 5. The van der Waals surface area contributed by atoms with Crippen LogP contribution in [-0.2, 0) is 5.75 Å². The third-order valence-electron chi connectivity index (χ3n) is 2.95. The lowest BCUT2D eigenvalue weighted by atomic mass is 10.4. The standard InChI is InChI=1S/C12H17N7OS/c1-9-10(18-8-17-9)6-21-5-3-14-11(16-7-13)19-4-2-15-12(19)20/h8H,2-6H2,1H3,(H,14,16)(H,15,20)(H,17,18). The Kier molecular flexibility index (Phi) is 5.45. The lowest BCUT2D eigenvalue weighted by molar-refractivity contribution is 0.233. The molecule has 0 bridgehead atoms. The molecule has 3 N–H and O–H groups in total. The fraction of sp³-hybridized carbons (Fsp3) is 0.500. The van der Waals surface area contributed by atoms with Gasteiger partial charge in [-0.1, -0.05) is 0 Å². The van der Waals surface area contributed by atoms with Crippen molar-refractivity contribution in [1.82, 2.24) is 25.5 Å². The number of nitrogens with one attached hydrogen (secondary N) is 3. The van der Waals surface area contributed by atoms with E-state index in [1.54, 1.807) is 18.1 Å². The van der Waals surface area contributed by atoms with Crippen LogP contribution in [0.2, 0.25) is 0 Å². The highest BCUT2D eigenvalue weighted by molar-refractivity contribution is 7.98. The molecule has 0 saturated carbocycles. The van der Waals surface area contributed by atoms with Crippen LogP contribution >= 0.6 is 11.8 Å². The van der Waals surface area contributed by atoms with Crippen LogP contribution in [-0.4, -0.2) is 52.2 Å². The van der Waals surface area contributed by atoms with E-state index in [1.165, 1.54) is 4.90 Å². The fourth-order valence-corrected chi connectivity index (χ4v) is 2.68. The molecule has 0 spiro atoms. The number of nitriles is 1. The number of nitrogens with zero attached hydrogens (tertiary/aromatic N) is 4. The molecule has 0 aliphatic carbocycles. The van der Waals surface area contributed by atoms with E-state index in [-0.39, 0.29) is 6.03 Å². The highest BCUT2D eigenvalue weighted by Gasteiger charge is 2.24. The van der Waals surface area contributed by atoms with Gasteiger partial charge in [0.25, 0.3) is 0 Å². The summed E-state index contributed by atoms with van der Waals surface area (Å²) in [5.74, 6) is 1.91. The van der Waals surface area contributed by atoms with Crippen molar-refractivity contribution in [2.45, 2.75) is 12.7 Å². The number of thioether (sulfide) groups is 1. The molecular formula is C12H17N7OS. The molecule has 9 heteroatoms. The summed E-state index contributed by atoms with van der Waals surface area (Å²) >= 11 is 1.71. The second-order valence-electron chi connectivity index (χ2n) is 4.35. The van der Waals surface area contributed by atoms with Crippen molar-refractivity contribution >= 4 is 23.8 Å². The van der Waals surface area contributed by atoms with Crippen molar-refractivity contribution in [3.05, 3.63) is 17.7 Å². The molecule has 1 aliphatic heterocycles. The third-order valence-corrected chi connectivity index (χ3v) is 3.90. The number of amides is 2. The number of imidazole rings is 1. The predicted octanol–water partition coefficient (Wildman–Crippen LogP) is 0.403. The molecule has 0 atom stereocenters. The average Bonchev–Trinajstić information content (AvgIpc) is 3.06. The summed E-state index contributed by atoms with van der Waals surface area (Å²) in [6, 6.07) is -0.226. The first-order chi connectivity index (χ1) is 10.2. The zero-order valence-corrected chi connectivity index (χ0v) is 12.5. The highest BCUT2D eigenvalue weighted by atomic mass is 32.2. The van der Waals surface area contributed by atoms with E-state index in [2.05, 4.69) is 25.6 Å². The number of carbonyl (C=O) groups is 1. The van der Waals surface area contributed by atoms with Crippen LogP contribution in [0, 0.1) is 18.4 Å². The molecule has 0 aromatic carbocycles. The second-order valence-corrected chi connectivity index (χ2v) is 5.46. The lowest BCUT2D eigenvalue weighted by Crippen LogP contribution is -2.41. The van der Waals surface area contributed by atoms with E-state index in [0.29, 0.717) is 25.6 Å². The number of urea groups is 1. The Bertz CT molecular complexity index is 562. The highest BCUT2D eigenvalue weighted by Crippen LogP contribution is 2.12. The third kappa shape index (κ3) is 4.13. The van der Waals surface area contributed by atoms with Crippen molar-refractivity contribution in [2.24, 2.45) is 4.99 Å². The van der Waals surface area contributed by atoms with Gasteiger partial charge in [-0.05, 0) is 6.92 Å². The summed E-state index contributed by atoms with van der Waals surface area (Å²) in [4.78, 5) is 24.5. The first-order valence-electron chi connectivity index (χ1n) is 6.54. The van der Waals surface area contributed by atoms with Gasteiger partial charge in [-0.2, -0.15) is 17.0 Å². The van der Waals surface area contributed by atoms with Gasteiger partial charge >= 0.3 is 6.03 Å². The summed E-state index contributed by atoms with van der Waals surface area (Å²) in [6.45, 7) is 3.61. The zero-order valence-electron chi connectivity index (χ0n) is 11.7. The van der Waals surface area contributed by atoms with Crippen molar-refractivity contribution in [2.75, 3.05) is 25.4 Å². The monoisotopic (exact) mass is 307 g/mol. The first kappa shape index (κ1) is 15.2. The minimum atomic E-state index is -0.226. The average molecular weight is 307 g/mol. The number of H-pyrrole nitrogens is 1. The van der Waals surface area contributed by atoms with Gasteiger partial charge in [0.1, 0.15) is 0 Å². The van der Waals surface area contributed by atoms with Crippen molar-refractivity contribution < 1.29 is 4.79 Å². The Morgan fingerprint density at radius 3 is 3.19 bits per heavy atom. The molecule has 112 valence electrons. The number of aryl methyl sites for hydroxylation is 1. The van der Waals surface area contributed by atoms with Crippen LogP contribution in [0.1, 0.15) is 11.4 Å². The van der Waals surface area contributed by atoms with Gasteiger partial charge in [-0.15, -0.1) is 0 Å². The molecule has 2 rings (SSSR count). The number of guanidine groups is 1. The topological polar surface area (TPSA) is 109 Å². The maximum Gasteiger partial charge on any atom is 0.324 e. The number of carbonyl (C=O) groups excluding carboxylic acids is 1. The molecule has 21 heavy (non-hydrogen) atoms. The van der Waals surface area contributed by atoms with Crippen molar-refractivity contribution in [3.63, 3.8) is 0 Å². The fourth-order valence-electron chi connectivity index (χ4n) is 1.83. The molecule has 2 heterocycles. The first-order valence-corrected chi connectivity index (χ1v) is 7.69. The zero-order chi connectivity index (χ0) is 15.1. The number of aromatic amines is 1. The largest absolute Gasteiger partial charge is 0.348 e. The lowest BCUT2D eigenvalue weighted by Gasteiger charge is -2.14. The Morgan fingerprint density at radius 2 is 2.57 bits per heavy atom. The Balaban J connectivity index is 1.79. The molecule has 0 radical (unpaired) electrons. The van der Waals surface area contributed by atoms with E-state index in [9.17, 15) is 4.79 Å². The molecule has 2 amide bonds. The Labute approximate surface area is 127 Å². The summed E-state index contributed by atoms with van der Waals surface area (Å²) in [5, 5.41) is 13.9. The van der Waals surface area contributed by atoms with Crippen LogP contribution in [0.5, 0.6) is 0 Å². The molecule has 1 saturated heterocycles. The number of aliphatic imine (C=N–C) groups is 1. The molecule has 0 unspecified atom stereocenters. The van der Waals surface area contributed by atoms with Crippen molar-refractivity contribution in [3.8, 4) is 6.19 Å². The molecule has 1 aromatic heterocycles. The van der Waals surface area contributed by atoms with Gasteiger partial charge in [0, 0.05) is 30.3 Å². The van der Waals surface area contributed by atoms with Crippen LogP contribution in [0.3, 0.4) is 0 Å². The normalized spacial score (nSPS) is 15.0. The van der Waals surface area contributed by atoms with Crippen LogP contribution in [0.4, 0.5) is 4.79 Å². The number of hydrogen-bond donors (Lipinski definition) is 3. The summed E-state index contributed by atoms with van der Waals surface area (Å²) in [5.41, 5.74) is 2.12. The van der Waals surface area contributed by atoms with E-state index in [4.69, 9.17) is 5.26 Å². The SMILES string of the molecule is Cc1[nH]cnc1CSCCN=C(NC#N)N1CCNC1=O. The molecular weight excluding hydrogens is 290 g/mol. The summed E-state index contributed by atoms with van der Waals surface area (Å²) < 4.78 is 0. The smallest absolute Gasteiger partial charge is 0.324 e. The van der Waals surface area contributed by atoms with E-state index in [1.807, 2.05) is 13.1 Å². The van der Waals surface area contributed by atoms with E-state index < -0.39 is 0 Å². The number of rotatable bonds is 5. The molecule has 1 aliphatic rings. The van der Waals surface area contributed by atoms with Gasteiger partial charge in [-0.3, -0.25) is 15.2 Å². The summed E-state index contributed by atoms with van der Waals surface area (Å²) in [6.07, 6.45) is 3.50. The number of aromatic nitrogens is 2. The summed E-state index contributed by atoms with van der Waals surface area (Å²) in [7, 11) is 0. The van der Waals surface area contributed by atoms with Crippen LogP contribution in [0.25, 0.3) is 0 Å². The maximum atomic E-state index is 11.5. The van der Waals surface area contributed by atoms with Gasteiger partial charge in [0.05, 0.1) is 18.6 Å². The Hall–Kier alpha value is -2.21. The minimum Gasteiger partial charge on any atom is -0.348 e. The quantitative estimate of drug-likeness (QED) is 0.240. The second kappa shape index (κ2) is 7.54. The predicted molar refractivity (Wildman–Crippen MR) is 80.6 cm³/mol. The van der Waals surface area contributed by atoms with Gasteiger partial charge < -0.3 is 10.3 Å². The molecule has 8 nitrogen and oxygen atoms in total. The maximum absolute atomic E-state index is 11.5. The van der Waals surface area contributed by atoms with Crippen LogP contribution < -0.4 is 10.6 Å². The van der Waals surface area contributed by atoms with Gasteiger partial charge in [0.2, 0.25) is 5.96 Å². The molecule has 1 fully saturated rings. The Morgan fingerprint density at radius 1 is 1.71 bits per heavy atom. The van der Waals surface area contributed by atoms with Crippen LogP contribution in [0.15, 0.2) is 11.3 Å². The van der Waals surface area contributed by atoms with Crippen molar-refractivity contribution in [1.29, 1.82) is 5.26 Å².